The molecule has 0 bridgehead atoms. The van der Waals surface area contributed by atoms with E-state index in [1.54, 1.807) is 24.3 Å². The van der Waals surface area contributed by atoms with Crippen molar-refractivity contribution in [1.82, 2.24) is 10.6 Å². The molecule has 0 fully saturated rings. The van der Waals surface area contributed by atoms with E-state index in [1.165, 1.54) is 14.2 Å². The van der Waals surface area contributed by atoms with E-state index in [4.69, 9.17) is 9.47 Å². The Hall–Kier alpha value is -4.50. The van der Waals surface area contributed by atoms with Crippen LogP contribution in [0.3, 0.4) is 0 Å². The number of para-hydroxylation sites is 1. The number of carbonyl (C=O) groups excluding carboxylic acids is 4. The molecule has 3 aromatic carbocycles. The van der Waals surface area contributed by atoms with Crippen molar-refractivity contribution in [2.75, 3.05) is 19.5 Å². The van der Waals surface area contributed by atoms with Gasteiger partial charge in [-0.1, -0.05) is 86.6 Å². The number of hydrogen-bond acceptors (Lipinski definition) is 7. The van der Waals surface area contributed by atoms with Gasteiger partial charge >= 0.3 is 11.9 Å². The van der Waals surface area contributed by atoms with E-state index in [0.29, 0.717) is 12.1 Å². The van der Waals surface area contributed by atoms with Crippen LogP contribution in [0.1, 0.15) is 32.3 Å². The molecule has 9 heteroatoms. The average molecular weight is 574 g/mol. The van der Waals surface area contributed by atoms with Crippen LogP contribution in [0.25, 0.3) is 11.1 Å². The van der Waals surface area contributed by atoms with E-state index in [-0.39, 0.29) is 18.8 Å². The van der Waals surface area contributed by atoms with E-state index in [2.05, 4.69) is 16.0 Å². The fourth-order valence-corrected chi connectivity index (χ4v) is 4.54. The number of benzene rings is 3. The lowest BCUT2D eigenvalue weighted by atomic mass is 9.99. The third-order valence-electron chi connectivity index (χ3n) is 6.66. The molecular weight excluding hydrogens is 534 g/mol. The zero-order valence-corrected chi connectivity index (χ0v) is 24.5. The van der Waals surface area contributed by atoms with Crippen LogP contribution < -0.4 is 16.0 Å². The molecule has 222 valence electrons. The van der Waals surface area contributed by atoms with Crippen LogP contribution in [0.2, 0.25) is 0 Å². The minimum atomic E-state index is -1.09. The number of nitrogens with one attached hydrogen (secondary N) is 3. The summed E-state index contributed by atoms with van der Waals surface area (Å²) in [5, 5.41) is 8.54. The summed E-state index contributed by atoms with van der Waals surface area (Å²) in [4.78, 5) is 51.6. The molecule has 0 aromatic heterocycles. The number of rotatable bonds is 14. The second kappa shape index (κ2) is 16.1. The van der Waals surface area contributed by atoms with Gasteiger partial charge in [0.25, 0.3) is 0 Å². The van der Waals surface area contributed by atoms with E-state index in [0.717, 1.165) is 16.7 Å². The van der Waals surface area contributed by atoms with Crippen LogP contribution in [0.5, 0.6) is 0 Å². The van der Waals surface area contributed by atoms with Gasteiger partial charge in [0.05, 0.1) is 26.7 Å². The molecule has 0 saturated carbocycles. The second-order valence-corrected chi connectivity index (χ2v) is 10.4. The van der Waals surface area contributed by atoms with Crippen molar-refractivity contribution < 1.29 is 28.7 Å². The van der Waals surface area contributed by atoms with Crippen LogP contribution in [-0.4, -0.2) is 56.1 Å². The summed E-state index contributed by atoms with van der Waals surface area (Å²) in [6.07, 6.45) is 0.304. The van der Waals surface area contributed by atoms with Crippen LogP contribution in [0.15, 0.2) is 84.9 Å². The van der Waals surface area contributed by atoms with Crippen molar-refractivity contribution in [2.45, 2.75) is 51.2 Å². The fourth-order valence-electron chi connectivity index (χ4n) is 4.54. The van der Waals surface area contributed by atoms with Crippen LogP contribution >= 0.6 is 0 Å². The summed E-state index contributed by atoms with van der Waals surface area (Å²) < 4.78 is 9.90. The number of ether oxygens (including phenoxy) is 2. The van der Waals surface area contributed by atoms with Gasteiger partial charge in [0, 0.05) is 12.1 Å². The average Bonchev–Trinajstić information content (AvgIpc) is 3.00. The molecule has 2 amide bonds. The molecular formula is C33H39N3O6. The lowest BCUT2D eigenvalue weighted by molar-refractivity contribution is -0.147. The number of esters is 2. The first kappa shape index (κ1) is 32.0. The van der Waals surface area contributed by atoms with E-state index < -0.39 is 41.9 Å². The highest BCUT2D eigenvalue weighted by Gasteiger charge is 2.32. The van der Waals surface area contributed by atoms with Gasteiger partial charge in [-0.05, 0) is 41.2 Å². The summed E-state index contributed by atoms with van der Waals surface area (Å²) >= 11 is 0. The molecule has 3 rings (SSSR count). The van der Waals surface area contributed by atoms with Crippen molar-refractivity contribution in [2.24, 2.45) is 5.92 Å². The predicted molar refractivity (Wildman–Crippen MR) is 161 cm³/mol. The number of anilines is 1. The molecule has 9 nitrogen and oxygen atoms in total. The maximum Gasteiger partial charge on any atom is 0.328 e. The molecule has 0 saturated heterocycles. The van der Waals surface area contributed by atoms with Gasteiger partial charge in [-0.25, -0.2) is 4.79 Å². The Morgan fingerprint density at radius 2 is 1.24 bits per heavy atom. The topological polar surface area (TPSA) is 123 Å². The largest absolute Gasteiger partial charge is 0.468 e. The fraction of sp³-hybridized carbons (Fsp3) is 0.333. The predicted octanol–water partition coefficient (Wildman–Crippen LogP) is 4.13. The lowest BCUT2D eigenvalue weighted by Gasteiger charge is -2.26. The number of methoxy groups -OCH3 is 2. The van der Waals surface area contributed by atoms with Crippen molar-refractivity contribution in [3.05, 3.63) is 90.5 Å². The van der Waals surface area contributed by atoms with Crippen molar-refractivity contribution >= 4 is 29.4 Å². The Bertz CT molecular complexity index is 1310. The van der Waals surface area contributed by atoms with Gasteiger partial charge in [-0.2, -0.15) is 0 Å². The number of carbonyl (C=O) groups is 4. The SMILES string of the molecule is COC(=O)[C@H](Cc1ccc(-c2ccccc2)cc1)NC(=O)[C@H](CC(C)C)N[C@@H](CC(=O)Nc1ccccc1)C(=O)OC. The highest BCUT2D eigenvalue weighted by atomic mass is 16.5. The monoisotopic (exact) mass is 573 g/mol. The van der Waals surface area contributed by atoms with Crippen molar-refractivity contribution in [3.8, 4) is 11.1 Å². The highest BCUT2D eigenvalue weighted by molar-refractivity contribution is 5.95. The smallest absolute Gasteiger partial charge is 0.328 e. The zero-order valence-electron chi connectivity index (χ0n) is 24.5. The summed E-state index contributed by atoms with van der Waals surface area (Å²) in [6, 6.07) is 23.6. The minimum Gasteiger partial charge on any atom is -0.468 e. The first-order chi connectivity index (χ1) is 20.2. The first-order valence-corrected chi connectivity index (χ1v) is 13.9. The molecule has 3 N–H and O–H groups in total. The molecule has 0 unspecified atom stereocenters. The summed E-state index contributed by atoms with van der Waals surface area (Å²) in [5.41, 5.74) is 3.52. The molecule has 0 aliphatic carbocycles. The lowest BCUT2D eigenvalue weighted by Crippen LogP contribution is -2.55. The zero-order chi connectivity index (χ0) is 30.5. The van der Waals surface area contributed by atoms with Gasteiger partial charge < -0.3 is 20.1 Å². The first-order valence-electron chi connectivity index (χ1n) is 13.9. The number of hydrogen-bond donors (Lipinski definition) is 3. The molecule has 0 aliphatic heterocycles. The Kier molecular flexibility index (Phi) is 12.3. The van der Waals surface area contributed by atoms with Gasteiger partial charge in [-0.15, -0.1) is 0 Å². The van der Waals surface area contributed by atoms with Crippen molar-refractivity contribution in [3.63, 3.8) is 0 Å². The maximum atomic E-state index is 13.5. The Morgan fingerprint density at radius 1 is 0.690 bits per heavy atom. The molecule has 0 aliphatic rings. The van der Waals surface area contributed by atoms with Crippen LogP contribution in [0.4, 0.5) is 5.69 Å². The van der Waals surface area contributed by atoms with Gasteiger partial charge in [0.1, 0.15) is 12.1 Å². The second-order valence-electron chi connectivity index (χ2n) is 10.4. The molecule has 3 atom stereocenters. The van der Waals surface area contributed by atoms with Gasteiger partial charge in [0.2, 0.25) is 11.8 Å². The standard InChI is InChI=1S/C33H39N3O6/c1-22(2)19-27(35-29(33(40)42-4)21-30(37)34-26-13-9-6-10-14-26)31(38)36-28(32(39)41-3)20-23-15-17-25(18-16-23)24-11-7-5-8-12-24/h5-18,22,27-29,35H,19-21H2,1-4H3,(H,34,37)(H,36,38)/t27-,28-,29-/m0/s1. The summed E-state index contributed by atoms with van der Waals surface area (Å²) in [5.74, 6) is -2.11. The molecule has 0 radical (unpaired) electrons. The normalized spacial score (nSPS) is 13.0. The van der Waals surface area contributed by atoms with E-state index >= 15 is 0 Å². The Balaban J connectivity index is 1.73. The summed E-state index contributed by atoms with van der Waals surface area (Å²) in [7, 11) is 2.49. The number of amides is 2. The Morgan fingerprint density at radius 3 is 1.81 bits per heavy atom. The molecule has 0 heterocycles. The third kappa shape index (κ3) is 9.85. The Labute approximate surface area is 247 Å². The van der Waals surface area contributed by atoms with Gasteiger partial charge in [0.15, 0.2) is 0 Å². The van der Waals surface area contributed by atoms with E-state index in [1.807, 2.05) is 74.5 Å². The van der Waals surface area contributed by atoms with Crippen LogP contribution in [-0.2, 0) is 35.1 Å². The molecule has 0 spiro atoms. The van der Waals surface area contributed by atoms with Crippen LogP contribution in [0, 0.1) is 5.92 Å². The molecule has 42 heavy (non-hydrogen) atoms. The van der Waals surface area contributed by atoms with Gasteiger partial charge in [-0.3, -0.25) is 19.7 Å². The quantitative estimate of drug-likeness (QED) is 0.248. The maximum absolute atomic E-state index is 13.5. The molecule has 3 aromatic rings. The highest BCUT2D eigenvalue weighted by Crippen LogP contribution is 2.20. The summed E-state index contributed by atoms with van der Waals surface area (Å²) in [6.45, 7) is 3.87. The minimum absolute atomic E-state index is 0.0619. The van der Waals surface area contributed by atoms with Crippen molar-refractivity contribution in [1.29, 1.82) is 0 Å². The van der Waals surface area contributed by atoms with E-state index in [9.17, 15) is 19.2 Å². The third-order valence-corrected chi connectivity index (χ3v) is 6.66.